The monoisotopic (exact) mass is 359 g/mol. The van der Waals surface area contributed by atoms with E-state index in [0.717, 1.165) is 28.3 Å². The number of fused-ring (bicyclic) bond motifs is 1. The van der Waals surface area contributed by atoms with Crippen LogP contribution in [0.3, 0.4) is 0 Å². The summed E-state index contributed by atoms with van der Waals surface area (Å²) in [5, 5.41) is 14.6. The number of carbonyl (C=O) groups is 1. The molecular weight excluding hydrogens is 342 g/mol. The van der Waals surface area contributed by atoms with Gasteiger partial charge in [0.25, 0.3) is 0 Å². The first-order valence-corrected chi connectivity index (χ1v) is 8.74. The number of aromatic amines is 1. The van der Waals surface area contributed by atoms with Gasteiger partial charge in [0.2, 0.25) is 5.91 Å². The van der Waals surface area contributed by atoms with Crippen LogP contribution in [0.25, 0.3) is 17.1 Å². The van der Waals surface area contributed by atoms with Crippen molar-refractivity contribution in [1.82, 2.24) is 20.0 Å². The minimum absolute atomic E-state index is 0.0502. The predicted octanol–water partition coefficient (Wildman–Crippen LogP) is 3.64. The van der Waals surface area contributed by atoms with E-state index in [2.05, 4.69) is 15.5 Å². The number of nitrogens with zero attached hydrogens (tertiary/aromatic N) is 3. The van der Waals surface area contributed by atoms with Gasteiger partial charge in [-0.3, -0.25) is 9.89 Å². The second-order valence-corrected chi connectivity index (χ2v) is 6.63. The smallest absolute Gasteiger partial charge is 0.226 e. The molecule has 1 atom stereocenters. The van der Waals surface area contributed by atoms with Gasteiger partial charge in [-0.25, -0.2) is 4.68 Å². The van der Waals surface area contributed by atoms with E-state index >= 15 is 0 Å². The summed E-state index contributed by atoms with van der Waals surface area (Å²) in [6.07, 6.45) is 4.07. The number of para-hydroxylation sites is 1. The number of furan rings is 1. The number of hydrogen-bond acceptors (Lipinski definition) is 4. The number of H-pyrrole nitrogens is 1. The molecule has 7 heteroatoms. The standard InChI is InChI=1S/C20H17N5O2/c1-12-7-8-17(27-12)19-16(11-25(24-19)13-5-3-2-4-6-13)14-9-18(26)22-20-15(14)10-21-23-20/h2-8,10-11,14H,9H2,1H3,(H2,21,22,23,26)/t14-/m1/s1. The third-order valence-electron chi connectivity index (χ3n) is 4.81. The molecule has 0 radical (unpaired) electrons. The first-order chi connectivity index (χ1) is 13.2. The fourth-order valence-corrected chi connectivity index (χ4v) is 3.53. The number of aryl methyl sites for hydroxylation is 1. The molecule has 1 aromatic carbocycles. The molecule has 1 aliphatic heterocycles. The van der Waals surface area contributed by atoms with Gasteiger partial charge in [0, 0.05) is 29.7 Å². The van der Waals surface area contributed by atoms with Crippen LogP contribution in [-0.4, -0.2) is 25.9 Å². The topological polar surface area (TPSA) is 88.7 Å². The molecule has 0 aliphatic carbocycles. The van der Waals surface area contributed by atoms with Crippen LogP contribution in [0.1, 0.15) is 29.2 Å². The van der Waals surface area contributed by atoms with Crippen LogP contribution in [0, 0.1) is 6.92 Å². The Kier molecular flexibility index (Phi) is 3.46. The molecule has 7 nitrogen and oxygen atoms in total. The number of rotatable bonds is 3. The Morgan fingerprint density at radius 2 is 2.00 bits per heavy atom. The molecule has 0 spiro atoms. The van der Waals surface area contributed by atoms with E-state index in [1.807, 2.05) is 60.3 Å². The van der Waals surface area contributed by atoms with Gasteiger partial charge in [0.1, 0.15) is 17.3 Å². The fourth-order valence-electron chi connectivity index (χ4n) is 3.53. The van der Waals surface area contributed by atoms with Gasteiger partial charge in [0.05, 0.1) is 11.9 Å². The quantitative estimate of drug-likeness (QED) is 0.584. The van der Waals surface area contributed by atoms with E-state index in [9.17, 15) is 4.79 Å². The Hall–Kier alpha value is -3.61. The Balaban J connectivity index is 1.69. The summed E-state index contributed by atoms with van der Waals surface area (Å²) in [6, 6.07) is 13.7. The van der Waals surface area contributed by atoms with Crippen molar-refractivity contribution in [3.05, 3.63) is 71.7 Å². The predicted molar refractivity (Wildman–Crippen MR) is 99.7 cm³/mol. The van der Waals surface area contributed by atoms with Gasteiger partial charge in [-0.05, 0) is 31.2 Å². The first kappa shape index (κ1) is 15.6. The van der Waals surface area contributed by atoms with Crippen molar-refractivity contribution in [3.8, 4) is 17.1 Å². The third kappa shape index (κ3) is 2.64. The molecule has 2 N–H and O–H groups in total. The van der Waals surface area contributed by atoms with E-state index in [1.165, 1.54) is 0 Å². The van der Waals surface area contributed by atoms with Crippen LogP contribution in [0.2, 0.25) is 0 Å². The zero-order valence-electron chi connectivity index (χ0n) is 14.6. The lowest BCUT2D eigenvalue weighted by Crippen LogP contribution is -2.23. The fraction of sp³-hybridized carbons (Fsp3) is 0.150. The van der Waals surface area contributed by atoms with Crippen LogP contribution < -0.4 is 5.32 Å². The second-order valence-electron chi connectivity index (χ2n) is 6.63. The summed E-state index contributed by atoms with van der Waals surface area (Å²) in [4.78, 5) is 12.2. The highest BCUT2D eigenvalue weighted by atomic mass is 16.3. The van der Waals surface area contributed by atoms with E-state index < -0.39 is 0 Å². The van der Waals surface area contributed by atoms with Gasteiger partial charge in [-0.2, -0.15) is 10.2 Å². The van der Waals surface area contributed by atoms with Crippen molar-refractivity contribution < 1.29 is 9.21 Å². The lowest BCUT2D eigenvalue weighted by molar-refractivity contribution is -0.116. The van der Waals surface area contributed by atoms with Gasteiger partial charge in [-0.15, -0.1) is 0 Å². The summed E-state index contributed by atoms with van der Waals surface area (Å²) in [6.45, 7) is 1.90. The second kappa shape index (κ2) is 5.98. The zero-order valence-corrected chi connectivity index (χ0v) is 14.6. The first-order valence-electron chi connectivity index (χ1n) is 8.74. The molecular formula is C20H17N5O2. The third-order valence-corrected chi connectivity index (χ3v) is 4.81. The lowest BCUT2D eigenvalue weighted by atomic mass is 9.87. The number of amides is 1. The normalized spacial score (nSPS) is 16.2. The molecule has 0 saturated carbocycles. The molecule has 27 heavy (non-hydrogen) atoms. The van der Waals surface area contributed by atoms with Gasteiger partial charge in [-0.1, -0.05) is 18.2 Å². The number of carbonyl (C=O) groups excluding carboxylic acids is 1. The van der Waals surface area contributed by atoms with Crippen molar-refractivity contribution in [2.24, 2.45) is 0 Å². The Labute approximate surface area is 155 Å². The largest absolute Gasteiger partial charge is 0.460 e. The molecule has 134 valence electrons. The highest BCUT2D eigenvalue weighted by molar-refractivity contribution is 5.94. The van der Waals surface area contributed by atoms with Crippen molar-refractivity contribution in [2.45, 2.75) is 19.3 Å². The van der Waals surface area contributed by atoms with E-state index in [-0.39, 0.29) is 11.8 Å². The van der Waals surface area contributed by atoms with Crippen molar-refractivity contribution >= 4 is 11.7 Å². The Morgan fingerprint density at radius 3 is 2.78 bits per heavy atom. The highest BCUT2D eigenvalue weighted by Gasteiger charge is 2.32. The van der Waals surface area contributed by atoms with E-state index in [1.54, 1.807) is 6.20 Å². The summed E-state index contributed by atoms with van der Waals surface area (Å²) >= 11 is 0. The Bertz CT molecular complexity index is 1120. The number of aromatic nitrogens is 4. The number of nitrogens with one attached hydrogen (secondary N) is 2. The summed E-state index contributed by atoms with van der Waals surface area (Å²) in [5.74, 6) is 1.95. The highest BCUT2D eigenvalue weighted by Crippen LogP contribution is 2.40. The minimum Gasteiger partial charge on any atom is -0.460 e. The van der Waals surface area contributed by atoms with Crippen LogP contribution in [0.5, 0.6) is 0 Å². The van der Waals surface area contributed by atoms with Crippen molar-refractivity contribution in [3.63, 3.8) is 0 Å². The summed E-state index contributed by atoms with van der Waals surface area (Å²) < 4.78 is 7.67. The molecule has 3 aromatic heterocycles. The molecule has 0 bridgehead atoms. The van der Waals surface area contributed by atoms with Crippen LogP contribution in [-0.2, 0) is 4.79 Å². The van der Waals surface area contributed by atoms with Gasteiger partial charge < -0.3 is 9.73 Å². The van der Waals surface area contributed by atoms with Gasteiger partial charge in [0.15, 0.2) is 5.76 Å². The van der Waals surface area contributed by atoms with E-state index in [0.29, 0.717) is 18.0 Å². The maximum Gasteiger partial charge on any atom is 0.226 e. The maximum absolute atomic E-state index is 12.2. The molecule has 4 aromatic rings. The average Bonchev–Trinajstić information content (AvgIpc) is 3.40. The minimum atomic E-state index is -0.148. The molecule has 0 fully saturated rings. The van der Waals surface area contributed by atoms with Crippen LogP contribution in [0.4, 0.5) is 5.82 Å². The SMILES string of the molecule is Cc1ccc(-c2nn(-c3ccccc3)cc2[C@@H]2CC(=O)Nc3[nH]ncc32)o1. The zero-order chi connectivity index (χ0) is 18.4. The van der Waals surface area contributed by atoms with Gasteiger partial charge >= 0.3 is 0 Å². The number of anilines is 1. The molecule has 1 amide bonds. The molecule has 1 aliphatic rings. The molecule has 5 rings (SSSR count). The van der Waals surface area contributed by atoms with Crippen molar-refractivity contribution in [1.29, 1.82) is 0 Å². The summed E-state index contributed by atoms with van der Waals surface area (Å²) in [5.41, 5.74) is 3.57. The average molecular weight is 359 g/mol. The number of hydrogen-bond donors (Lipinski definition) is 2. The molecule has 4 heterocycles. The van der Waals surface area contributed by atoms with Crippen molar-refractivity contribution in [2.75, 3.05) is 5.32 Å². The number of benzene rings is 1. The molecule has 0 unspecified atom stereocenters. The maximum atomic E-state index is 12.2. The van der Waals surface area contributed by atoms with Crippen LogP contribution in [0.15, 0.2) is 59.3 Å². The lowest BCUT2D eigenvalue weighted by Gasteiger charge is -2.21. The molecule has 0 saturated heterocycles. The van der Waals surface area contributed by atoms with E-state index in [4.69, 9.17) is 9.52 Å². The summed E-state index contributed by atoms with van der Waals surface area (Å²) in [7, 11) is 0. The Morgan fingerprint density at radius 1 is 1.15 bits per heavy atom. The van der Waals surface area contributed by atoms with Crippen LogP contribution >= 0.6 is 0 Å².